The van der Waals surface area contributed by atoms with Crippen LogP contribution in [-0.4, -0.2) is 50.2 Å². The second-order valence-electron chi connectivity index (χ2n) is 6.81. The van der Waals surface area contributed by atoms with Gasteiger partial charge in [-0.1, -0.05) is 0 Å². The molecule has 1 aromatic heterocycles. The Kier molecular flexibility index (Phi) is 5.46. The Bertz CT molecular complexity index is 814. The summed E-state index contributed by atoms with van der Waals surface area (Å²) in [5.74, 6) is 0.0457. The van der Waals surface area contributed by atoms with E-state index in [0.29, 0.717) is 29.5 Å². The number of ether oxygens (including phenoxy) is 2. The van der Waals surface area contributed by atoms with E-state index in [-0.39, 0.29) is 11.6 Å². The molecular formula is C19H26N3O4+. The number of carbonyl (C=O) groups is 2. The number of benzene rings is 1. The third kappa shape index (κ3) is 3.67. The number of H-pyrrole nitrogens is 1. The number of anilines is 1. The van der Waals surface area contributed by atoms with Crippen LogP contribution in [0.4, 0.5) is 5.69 Å². The smallest absolute Gasteiger partial charge is 0.356 e. The van der Waals surface area contributed by atoms with Gasteiger partial charge in [-0.3, -0.25) is 4.79 Å². The van der Waals surface area contributed by atoms with Gasteiger partial charge in [0.15, 0.2) is 6.54 Å². The Hall–Kier alpha value is -2.54. The molecule has 1 aliphatic rings. The van der Waals surface area contributed by atoms with Crippen molar-refractivity contribution in [3.63, 3.8) is 0 Å². The molecule has 1 saturated heterocycles. The topological polar surface area (TPSA) is 84.9 Å². The van der Waals surface area contributed by atoms with E-state index in [9.17, 15) is 9.59 Å². The number of nitrogens with one attached hydrogen (secondary N) is 3. The summed E-state index contributed by atoms with van der Waals surface area (Å²) >= 11 is 0. The van der Waals surface area contributed by atoms with Crippen molar-refractivity contribution in [2.75, 3.05) is 32.6 Å². The van der Waals surface area contributed by atoms with Gasteiger partial charge < -0.3 is 24.7 Å². The average molecular weight is 360 g/mol. The van der Waals surface area contributed by atoms with Crippen molar-refractivity contribution in [1.29, 1.82) is 0 Å². The molecule has 0 spiro atoms. The van der Waals surface area contributed by atoms with E-state index < -0.39 is 5.97 Å². The molecular weight excluding hydrogens is 334 g/mol. The molecule has 7 heteroatoms. The van der Waals surface area contributed by atoms with Gasteiger partial charge in [0, 0.05) is 11.5 Å². The number of methoxy groups -OCH3 is 2. The van der Waals surface area contributed by atoms with Crippen LogP contribution in [0, 0.1) is 0 Å². The number of carbonyl (C=O) groups excluding carboxylic acids is 2. The lowest BCUT2D eigenvalue weighted by Crippen LogP contribution is -3.17. The number of likely N-dealkylation sites (tertiary alicyclic amines) is 1. The van der Waals surface area contributed by atoms with E-state index in [1.807, 2.05) is 6.07 Å². The number of fused-ring (bicyclic) bond motifs is 1. The number of quaternary nitrogens is 1. The first-order valence-corrected chi connectivity index (χ1v) is 8.96. The lowest BCUT2D eigenvalue weighted by Gasteiger charge is -2.29. The number of aromatic nitrogens is 1. The Morgan fingerprint density at radius 3 is 2.81 bits per heavy atom. The van der Waals surface area contributed by atoms with Crippen molar-refractivity contribution in [1.82, 2.24) is 4.98 Å². The molecule has 1 fully saturated rings. The maximum atomic E-state index is 12.6. The molecule has 7 nitrogen and oxygen atoms in total. The number of amides is 1. The Labute approximate surface area is 152 Å². The minimum Gasteiger partial charge on any atom is -0.497 e. The molecule has 2 atom stereocenters. The molecule has 0 aliphatic carbocycles. The van der Waals surface area contributed by atoms with Crippen molar-refractivity contribution in [2.24, 2.45) is 0 Å². The lowest BCUT2D eigenvalue weighted by molar-refractivity contribution is -0.920. The summed E-state index contributed by atoms with van der Waals surface area (Å²) in [7, 11) is 2.90. The molecule has 2 aromatic rings. The fourth-order valence-electron chi connectivity index (χ4n) is 3.59. The number of hydrogen-bond acceptors (Lipinski definition) is 4. The quantitative estimate of drug-likeness (QED) is 0.703. The molecule has 140 valence electrons. The molecule has 0 saturated carbocycles. The molecule has 3 rings (SSSR count). The fourth-order valence-corrected chi connectivity index (χ4v) is 3.59. The standard InChI is InChI=1S/C19H25N3O4/c1-12-6-4-5-9-22(12)11-16(23)21-17-14-8-7-13(25-2)10-15(14)20-18(17)19(24)26-3/h7-8,10,12,20H,4-6,9,11H2,1-3H3,(H,21,23)/p+1/t12-/m1/s1. The highest BCUT2D eigenvalue weighted by Crippen LogP contribution is 2.31. The maximum Gasteiger partial charge on any atom is 0.356 e. The summed E-state index contributed by atoms with van der Waals surface area (Å²) in [5, 5.41) is 3.67. The molecule has 26 heavy (non-hydrogen) atoms. The van der Waals surface area contributed by atoms with E-state index in [1.54, 1.807) is 19.2 Å². The highest BCUT2D eigenvalue weighted by Gasteiger charge is 2.26. The van der Waals surface area contributed by atoms with Crippen LogP contribution in [0.15, 0.2) is 18.2 Å². The van der Waals surface area contributed by atoms with Gasteiger partial charge in [0.1, 0.15) is 11.4 Å². The van der Waals surface area contributed by atoms with E-state index in [0.717, 1.165) is 24.8 Å². The Morgan fingerprint density at radius 1 is 1.31 bits per heavy atom. The summed E-state index contributed by atoms with van der Waals surface area (Å²) in [6.45, 7) is 3.58. The minimum atomic E-state index is -0.519. The predicted octanol–water partition coefficient (Wildman–Crippen LogP) is 1.36. The highest BCUT2D eigenvalue weighted by molar-refractivity contribution is 6.11. The van der Waals surface area contributed by atoms with Crippen LogP contribution in [0.5, 0.6) is 5.75 Å². The van der Waals surface area contributed by atoms with Gasteiger partial charge in [0.05, 0.1) is 38.0 Å². The van der Waals surface area contributed by atoms with Crippen LogP contribution in [0.25, 0.3) is 10.9 Å². The number of hydrogen-bond donors (Lipinski definition) is 3. The zero-order chi connectivity index (χ0) is 18.7. The van der Waals surface area contributed by atoms with E-state index in [4.69, 9.17) is 9.47 Å². The number of aromatic amines is 1. The molecule has 1 aromatic carbocycles. The van der Waals surface area contributed by atoms with Crippen molar-refractivity contribution in [3.8, 4) is 5.75 Å². The van der Waals surface area contributed by atoms with Gasteiger partial charge in [-0.25, -0.2) is 4.79 Å². The van der Waals surface area contributed by atoms with Gasteiger partial charge in [-0.2, -0.15) is 0 Å². The first-order chi connectivity index (χ1) is 12.5. The van der Waals surface area contributed by atoms with Crippen LogP contribution in [0.2, 0.25) is 0 Å². The molecule has 3 N–H and O–H groups in total. The van der Waals surface area contributed by atoms with Crippen molar-refractivity contribution < 1.29 is 24.0 Å². The Balaban J connectivity index is 1.87. The van der Waals surface area contributed by atoms with Gasteiger partial charge in [0.2, 0.25) is 0 Å². The van der Waals surface area contributed by atoms with Crippen molar-refractivity contribution in [3.05, 3.63) is 23.9 Å². The first kappa shape index (κ1) is 18.3. The lowest BCUT2D eigenvalue weighted by atomic mass is 10.0. The SMILES string of the molecule is COC(=O)c1[nH]c2cc(OC)ccc2c1NC(=O)C[NH+]1CCCC[C@H]1C. The zero-order valence-corrected chi connectivity index (χ0v) is 15.5. The minimum absolute atomic E-state index is 0.101. The summed E-state index contributed by atoms with van der Waals surface area (Å²) in [4.78, 5) is 29.1. The number of rotatable bonds is 5. The maximum absolute atomic E-state index is 12.6. The van der Waals surface area contributed by atoms with Gasteiger partial charge in [-0.05, 0) is 38.3 Å². The van der Waals surface area contributed by atoms with Gasteiger partial charge in [0.25, 0.3) is 5.91 Å². The van der Waals surface area contributed by atoms with Crippen LogP contribution >= 0.6 is 0 Å². The van der Waals surface area contributed by atoms with E-state index >= 15 is 0 Å². The fraction of sp³-hybridized carbons (Fsp3) is 0.474. The summed E-state index contributed by atoms with van der Waals surface area (Å²) in [6, 6.07) is 5.88. The van der Waals surface area contributed by atoms with Crippen molar-refractivity contribution in [2.45, 2.75) is 32.2 Å². The normalized spacial score (nSPS) is 20.0. The summed E-state index contributed by atoms with van der Waals surface area (Å²) in [6.07, 6.45) is 3.51. The molecule has 0 radical (unpaired) electrons. The molecule has 1 unspecified atom stereocenters. The van der Waals surface area contributed by atoms with Crippen LogP contribution in [0.3, 0.4) is 0 Å². The third-order valence-electron chi connectivity index (χ3n) is 5.13. The van der Waals surface area contributed by atoms with Crippen LogP contribution in [0.1, 0.15) is 36.7 Å². The van der Waals surface area contributed by atoms with E-state index in [1.165, 1.54) is 18.4 Å². The molecule has 1 aliphatic heterocycles. The van der Waals surface area contributed by atoms with E-state index in [2.05, 4.69) is 17.2 Å². The monoisotopic (exact) mass is 360 g/mol. The van der Waals surface area contributed by atoms with Gasteiger partial charge >= 0.3 is 5.97 Å². The third-order valence-corrected chi connectivity index (χ3v) is 5.13. The van der Waals surface area contributed by atoms with Gasteiger partial charge in [-0.15, -0.1) is 0 Å². The first-order valence-electron chi connectivity index (χ1n) is 8.96. The number of piperidine rings is 1. The summed E-state index contributed by atoms with van der Waals surface area (Å²) < 4.78 is 10.1. The van der Waals surface area contributed by atoms with Crippen LogP contribution in [-0.2, 0) is 9.53 Å². The predicted molar refractivity (Wildman–Crippen MR) is 98.8 cm³/mol. The second kappa shape index (κ2) is 7.78. The van der Waals surface area contributed by atoms with Crippen LogP contribution < -0.4 is 15.0 Å². The second-order valence-corrected chi connectivity index (χ2v) is 6.81. The highest BCUT2D eigenvalue weighted by atomic mass is 16.5. The average Bonchev–Trinajstić information content (AvgIpc) is 3.00. The zero-order valence-electron chi connectivity index (χ0n) is 15.5. The largest absolute Gasteiger partial charge is 0.497 e. The number of esters is 1. The molecule has 0 bridgehead atoms. The summed E-state index contributed by atoms with van der Waals surface area (Å²) in [5.41, 5.74) is 1.41. The molecule has 1 amide bonds. The molecule has 2 heterocycles. The Morgan fingerprint density at radius 2 is 2.12 bits per heavy atom. The van der Waals surface area contributed by atoms with Crippen molar-refractivity contribution >= 4 is 28.5 Å².